The first-order valence-electron chi connectivity index (χ1n) is 3.10. The lowest BCUT2D eigenvalue weighted by Crippen LogP contribution is -2.17. The number of alkyl halides is 3. The van der Waals surface area contributed by atoms with Crippen LogP contribution < -0.4 is 4.74 Å². The smallest absolute Gasteiger partial charge is 0.405 e. The summed E-state index contributed by atoms with van der Waals surface area (Å²) in [5, 5.41) is 0.168. The van der Waals surface area contributed by atoms with Gasteiger partial charge in [-0.15, -0.1) is 13.2 Å². The van der Waals surface area contributed by atoms with Gasteiger partial charge in [0.1, 0.15) is 5.75 Å². The van der Waals surface area contributed by atoms with E-state index in [-0.39, 0.29) is 15.2 Å². The van der Waals surface area contributed by atoms with Crippen LogP contribution in [0.5, 0.6) is 5.75 Å². The fourth-order valence-corrected chi connectivity index (χ4v) is 1.20. The first-order valence-corrected chi connectivity index (χ1v) is 4.27. The van der Waals surface area contributed by atoms with Gasteiger partial charge in [0.05, 0.1) is 9.50 Å². The fourth-order valence-electron chi connectivity index (χ4n) is 0.688. The number of rotatable bonds is 1. The third-order valence-corrected chi connectivity index (χ3v) is 2.50. The third kappa shape index (κ3) is 3.08. The highest BCUT2D eigenvalue weighted by atomic mass is 79.9. The van der Waals surface area contributed by atoms with Crippen molar-refractivity contribution in [3.05, 3.63) is 27.7 Å². The summed E-state index contributed by atoms with van der Waals surface area (Å²) in [6.07, 6.45) is -4.70. The van der Waals surface area contributed by atoms with Crippen molar-refractivity contribution < 1.29 is 17.9 Å². The van der Waals surface area contributed by atoms with E-state index in [1.807, 2.05) is 0 Å². The third-order valence-electron chi connectivity index (χ3n) is 1.14. The number of halogens is 5. The molecule has 0 atom stereocenters. The average molecular weight is 275 g/mol. The van der Waals surface area contributed by atoms with Gasteiger partial charge in [-0.1, -0.05) is 17.7 Å². The van der Waals surface area contributed by atoms with Gasteiger partial charge < -0.3 is 4.74 Å². The Balaban J connectivity index is 2.96. The normalized spacial score (nSPS) is 11.5. The van der Waals surface area contributed by atoms with Gasteiger partial charge in [0.25, 0.3) is 0 Å². The van der Waals surface area contributed by atoms with E-state index in [0.29, 0.717) is 0 Å². The molecule has 0 aliphatic rings. The molecular formula is C7H3BrClF3O. The van der Waals surface area contributed by atoms with Gasteiger partial charge in [-0.3, -0.25) is 0 Å². The number of hydrogen-bond acceptors (Lipinski definition) is 1. The Morgan fingerprint density at radius 1 is 1.31 bits per heavy atom. The standard InChI is InChI=1S/C7H3BrClF3O/c8-6-4(9)2-1-3-5(6)13-7(10,11)12/h1-3H. The molecule has 0 aliphatic heterocycles. The molecule has 6 heteroatoms. The van der Waals surface area contributed by atoms with Crippen molar-refractivity contribution in [2.24, 2.45) is 0 Å². The molecule has 1 nitrogen and oxygen atoms in total. The summed E-state index contributed by atoms with van der Waals surface area (Å²) in [6.45, 7) is 0. The van der Waals surface area contributed by atoms with Gasteiger partial charge in [0, 0.05) is 0 Å². The molecule has 0 heterocycles. The van der Waals surface area contributed by atoms with Crippen LogP contribution in [0, 0.1) is 0 Å². The quantitative estimate of drug-likeness (QED) is 0.752. The second-order valence-electron chi connectivity index (χ2n) is 2.10. The van der Waals surface area contributed by atoms with Crippen LogP contribution in [0.3, 0.4) is 0 Å². The Kier molecular flexibility index (Phi) is 3.08. The highest BCUT2D eigenvalue weighted by Crippen LogP contribution is 2.34. The Hall–Kier alpha value is -0.420. The first-order chi connectivity index (χ1) is 5.90. The zero-order valence-electron chi connectivity index (χ0n) is 6.03. The SMILES string of the molecule is FC(F)(F)Oc1cccc(Cl)c1Br. The molecule has 0 N–H and O–H groups in total. The average Bonchev–Trinajstić information content (AvgIpc) is 1.96. The zero-order chi connectivity index (χ0) is 10.1. The topological polar surface area (TPSA) is 9.23 Å². The molecule has 0 radical (unpaired) electrons. The number of ether oxygens (including phenoxy) is 1. The van der Waals surface area contributed by atoms with Crippen LogP contribution in [0.2, 0.25) is 5.02 Å². The molecule has 0 saturated carbocycles. The Morgan fingerprint density at radius 3 is 2.46 bits per heavy atom. The van der Waals surface area contributed by atoms with Gasteiger partial charge in [-0.25, -0.2) is 0 Å². The molecule has 0 aliphatic carbocycles. The van der Waals surface area contributed by atoms with E-state index in [1.54, 1.807) is 0 Å². The summed E-state index contributed by atoms with van der Waals surface area (Å²) in [6, 6.07) is 3.99. The molecule has 1 aromatic carbocycles. The largest absolute Gasteiger partial charge is 0.573 e. The maximum Gasteiger partial charge on any atom is 0.573 e. The molecule has 72 valence electrons. The van der Waals surface area contributed by atoms with E-state index in [0.717, 1.165) is 0 Å². The van der Waals surface area contributed by atoms with Crippen LogP contribution in [-0.4, -0.2) is 6.36 Å². The van der Waals surface area contributed by atoms with E-state index in [2.05, 4.69) is 20.7 Å². The Bertz CT molecular complexity index is 313. The second kappa shape index (κ2) is 3.75. The number of hydrogen-bond donors (Lipinski definition) is 0. The molecule has 1 rings (SSSR count). The van der Waals surface area contributed by atoms with E-state index >= 15 is 0 Å². The van der Waals surface area contributed by atoms with Crippen LogP contribution in [0.25, 0.3) is 0 Å². The van der Waals surface area contributed by atoms with Crippen molar-refractivity contribution in [1.82, 2.24) is 0 Å². The molecule has 0 unspecified atom stereocenters. The van der Waals surface area contributed by atoms with Crippen LogP contribution in [0.1, 0.15) is 0 Å². The summed E-state index contributed by atoms with van der Waals surface area (Å²) >= 11 is 8.42. The minimum Gasteiger partial charge on any atom is -0.405 e. The Morgan fingerprint density at radius 2 is 1.92 bits per heavy atom. The maximum absolute atomic E-state index is 11.8. The molecule has 0 spiro atoms. The van der Waals surface area contributed by atoms with E-state index in [9.17, 15) is 13.2 Å². The van der Waals surface area contributed by atoms with Crippen molar-refractivity contribution >= 4 is 27.5 Å². The summed E-state index contributed by atoms with van der Waals surface area (Å²) < 4.78 is 39.1. The summed E-state index contributed by atoms with van der Waals surface area (Å²) in [4.78, 5) is 0. The maximum atomic E-state index is 11.8. The fraction of sp³-hybridized carbons (Fsp3) is 0.143. The minimum atomic E-state index is -4.70. The van der Waals surface area contributed by atoms with Gasteiger partial charge in [0.15, 0.2) is 0 Å². The van der Waals surface area contributed by atoms with Crippen molar-refractivity contribution in [3.8, 4) is 5.75 Å². The van der Waals surface area contributed by atoms with Crippen LogP contribution in [-0.2, 0) is 0 Å². The molecule has 0 bridgehead atoms. The van der Waals surface area contributed by atoms with Crippen molar-refractivity contribution in [1.29, 1.82) is 0 Å². The summed E-state index contributed by atoms with van der Waals surface area (Å²) in [7, 11) is 0. The monoisotopic (exact) mass is 274 g/mol. The van der Waals surface area contributed by atoms with Gasteiger partial charge >= 0.3 is 6.36 Å². The molecule has 1 aromatic rings. The summed E-state index contributed by atoms with van der Waals surface area (Å²) in [5.41, 5.74) is 0. The van der Waals surface area contributed by atoms with Crippen LogP contribution in [0.4, 0.5) is 13.2 Å². The van der Waals surface area contributed by atoms with E-state index in [1.165, 1.54) is 18.2 Å². The molecule has 0 saturated heterocycles. The van der Waals surface area contributed by atoms with E-state index in [4.69, 9.17) is 11.6 Å². The van der Waals surface area contributed by atoms with Crippen molar-refractivity contribution in [3.63, 3.8) is 0 Å². The van der Waals surface area contributed by atoms with Crippen molar-refractivity contribution in [2.45, 2.75) is 6.36 Å². The van der Waals surface area contributed by atoms with Gasteiger partial charge in [-0.2, -0.15) is 0 Å². The van der Waals surface area contributed by atoms with Crippen LogP contribution in [0.15, 0.2) is 22.7 Å². The highest BCUT2D eigenvalue weighted by Gasteiger charge is 2.32. The van der Waals surface area contributed by atoms with Gasteiger partial charge in [0.2, 0.25) is 0 Å². The zero-order valence-corrected chi connectivity index (χ0v) is 8.37. The summed E-state index contributed by atoms with van der Waals surface area (Å²) in [5.74, 6) is -0.347. The Labute approximate surface area is 85.6 Å². The number of benzene rings is 1. The highest BCUT2D eigenvalue weighted by molar-refractivity contribution is 9.10. The molecule has 0 aromatic heterocycles. The second-order valence-corrected chi connectivity index (χ2v) is 3.30. The van der Waals surface area contributed by atoms with Gasteiger partial charge in [-0.05, 0) is 28.1 Å². The lowest BCUT2D eigenvalue weighted by molar-refractivity contribution is -0.274. The first kappa shape index (κ1) is 10.7. The van der Waals surface area contributed by atoms with E-state index < -0.39 is 6.36 Å². The van der Waals surface area contributed by atoms with Crippen LogP contribution >= 0.6 is 27.5 Å². The molecule has 13 heavy (non-hydrogen) atoms. The minimum absolute atomic E-state index is 0.0917. The molecular weight excluding hydrogens is 272 g/mol. The van der Waals surface area contributed by atoms with Crippen molar-refractivity contribution in [2.75, 3.05) is 0 Å². The predicted octanol–water partition coefficient (Wildman–Crippen LogP) is 4.00. The molecule has 0 amide bonds. The predicted molar refractivity (Wildman–Crippen MR) is 45.8 cm³/mol. The lowest BCUT2D eigenvalue weighted by atomic mass is 10.3. The lowest BCUT2D eigenvalue weighted by Gasteiger charge is -2.10. The molecule has 0 fully saturated rings.